The summed E-state index contributed by atoms with van der Waals surface area (Å²) in [6, 6.07) is 0. The number of carbonyl (C=O) groups is 1. The van der Waals surface area contributed by atoms with Gasteiger partial charge in [-0.05, 0) is 12.8 Å². The topological polar surface area (TPSA) is 43.1 Å². The molecule has 0 bridgehead atoms. The van der Waals surface area contributed by atoms with Gasteiger partial charge in [0.15, 0.2) is 0 Å². The number of Topliss-reactive ketones (excluding diaryl/α,β-unsaturated/α-hetero) is 1. The molecule has 1 aliphatic rings. The second-order valence-electron chi connectivity index (χ2n) is 2.65. The van der Waals surface area contributed by atoms with Gasteiger partial charge in [-0.3, -0.25) is 4.79 Å². The number of ketones is 1. The van der Waals surface area contributed by atoms with Gasteiger partial charge in [0, 0.05) is 5.92 Å². The molecule has 0 unspecified atom stereocenters. The molecule has 0 aromatic carbocycles. The van der Waals surface area contributed by atoms with Crippen LogP contribution in [0.3, 0.4) is 0 Å². The average molecular weight is 127 g/mol. The van der Waals surface area contributed by atoms with Crippen molar-refractivity contribution in [1.29, 1.82) is 0 Å². The predicted octanol–water partition coefficient (Wildman–Crippen LogP) is 0.704. The fraction of sp³-hybridized carbons (Fsp3) is 0.857. The zero-order valence-electron chi connectivity index (χ0n) is 5.60. The summed E-state index contributed by atoms with van der Waals surface area (Å²) in [5.74, 6) is 0.572. The monoisotopic (exact) mass is 127 g/mol. The molecule has 1 fully saturated rings. The molecule has 2 N–H and O–H groups in total. The highest BCUT2D eigenvalue weighted by molar-refractivity contribution is 5.82. The Morgan fingerprint density at radius 2 is 2.00 bits per heavy atom. The van der Waals surface area contributed by atoms with Crippen LogP contribution in [0.2, 0.25) is 0 Å². The summed E-state index contributed by atoms with van der Waals surface area (Å²) < 4.78 is 0. The lowest BCUT2D eigenvalue weighted by molar-refractivity contribution is -0.121. The van der Waals surface area contributed by atoms with Crippen molar-refractivity contribution in [2.45, 2.75) is 25.7 Å². The van der Waals surface area contributed by atoms with Crippen LogP contribution >= 0.6 is 0 Å². The lowest BCUT2D eigenvalue weighted by Crippen LogP contribution is -2.20. The largest absolute Gasteiger partial charge is 0.324 e. The van der Waals surface area contributed by atoms with Crippen molar-refractivity contribution in [3.8, 4) is 0 Å². The molecular weight excluding hydrogens is 114 g/mol. The lowest BCUT2D eigenvalue weighted by Gasteiger charge is -2.02. The van der Waals surface area contributed by atoms with Crippen molar-refractivity contribution in [2.75, 3.05) is 6.54 Å². The minimum absolute atomic E-state index is 0.241. The molecule has 0 aromatic rings. The number of nitrogens with two attached hydrogens (primary N) is 1. The van der Waals surface area contributed by atoms with E-state index in [1.165, 1.54) is 12.8 Å². The molecule has 1 rings (SSSR count). The van der Waals surface area contributed by atoms with Crippen molar-refractivity contribution in [1.82, 2.24) is 0 Å². The first-order valence-electron chi connectivity index (χ1n) is 3.57. The van der Waals surface area contributed by atoms with Gasteiger partial charge >= 0.3 is 0 Å². The summed E-state index contributed by atoms with van der Waals surface area (Å²) in [5.41, 5.74) is 5.20. The number of carbonyl (C=O) groups excluding carboxylic acids is 1. The second-order valence-corrected chi connectivity index (χ2v) is 2.65. The molecule has 0 amide bonds. The van der Waals surface area contributed by atoms with E-state index >= 15 is 0 Å². The van der Waals surface area contributed by atoms with E-state index in [0.717, 1.165) is 12.8 Å². The van der Waals surface area contributed by atoms with Crippen molar-refractivity contribution in [2.24, 2.45) is 11.7 Å². The van der Waals surface area contributed by atoms with Crippen molar-refractivity contribution >= 4 is 5.78 Å². The third kappa shape index (κ3) is 1.52. The molecule has 0 aromatic heterocycles. The van der Waals surface area contributed by atoms with Crippen molar-refractivity contribution in [3.63, 3.8) is 0 Å². The van der Waals surface area contributed by atoms with E-state index in [0.29, 0.717) is 5.92 Å². The summed E-state index contributed by atoms with van der Waals surface area (Å²) in [7, 11) is 0. The summed E-state index contributed by atoms with van der Waals surface area (Å²) >= 11 is 0. The SMILES string of the molecule is NCC(=O)C1CCCC1. The Labute approximate surface area is 55.4 Å². The van der Waals surface area contributed by atoms with E-state index in [1.54, 1.807) is 0 Å². The first-order chi connectivity index (χ1) is 4.34. The Kier molecular flexibility index (Phi) is 2.22. The standard InChI is InChI=1S/C7H13NO/c8-5-7(9)6-3-1-2-4-6/h6H,1-5,8H2. The van der Waals surface area contributed by atoms with E-state index in [9.17, 15) is 4.79 Å². The molecule has 9 heavy (non-hydrogen) atoms. The maximum atomic E-state index is 10.9. The van der Waals surface area contributed by atoms with E-state index in [1.807, 2.05) is 0 Å². The van der Waals surface area contributed by atoms with Gasteiger partial charge in [0.2, 0.25) is 0 Å². The fourth-order valence-electron chi connectivity index (χ4n) is 1.41. The molecule has 0 radical (unpaired) electrons. The Morgan fingerprint density at radius 3 is 2.44 bits per heavy atom. The van der Waals surface area contributed by atoms with E-state index in [4.69, 9.17) is 5.73 Å². The smallest absolute Gasteiger partial charge is 0.149 e. The third-order valence-electron chi connectivity index (χ3n) is 2.01. The molecule has 2 nitrogen and oxygen atoms in total. The Balaban J connectivity index is 2.32. The summed E-state index contributed by atoms with van der Waals surface area (Å²) in [6.45, 7) is 0.241. The molecule has 0 atom stereocenters. The average Bonchev–Trinajstić information content (AvgIpc) is 2.37. The van der Waals surface area contributed by atoms with Crippen LogP contribution < -0.4 is 5.73 Å². The normalized spacial score (nSPS) is 20.6. The van der Waals surface area contributed by atoms with Crippen LogP contribution in [0.1, 0.15) is 25.7 Å². The summed E-state index contributed by atoms with van der Waals surface area (Å²) in [5, 5.41) is 0. The molecule has 0 spiro atoms. The second kappa shape index (κ2) is 2.97. The van der Waals surface area contributed by atoms with Gasteiger partial charge in [-0.2, -0.15) is 0 Å². The first-order valence-corrected chi connectivity index (χ1v) is 3.57. The molecule has 0 heterocycles. The van der Waals surface area contributed by atoms with Crippen molar-refractivity contribution in [3.05, 3.63) is 0 Å². The highest BCUT2D eigenvalue weighted by atomic mass is 16.1. The number of rotatable bonds is 2. The highest BCUT2D eigenvalue weighted by Crippen LogP contribution is 2.24. The predicted molar refractivity (Wildman–Crippen MR) is 36.0 cm³/mol. The van der Waals surface area contributed by atoms with Crippen LogP contribution in [0, 0.1) is 5.92 Å². The Bertz CT molecular complexity index is 105. The fourth-order valence-corrected chi connectivity index (χ4v) is 1.41. The van der Waals surface area contributed by atoms with Gasteiger partial charge in [-0.15, -0.1) is 0 Å². The molecule has 0 saturated heterocycles. The zero-order chi connectivity index (χ0) is 6.69. The van der Waals surface area contributed by atoms with Crippen LogP contribution in [-0.2, 0) is 4.79 Å². The highest BCUT2D eigenvalue weighted by Gasteiger charge is 2.20. The number of hydrogen-bond acceptors (Lipinski definition) is 2. The number of hydrogen-bond donors (Lipinski definition) is 1. The Morgan fingerprint density at radius 1 is 1.44 bits per heavy atom. The molecule has 2 heteroatoms. The Hall–Kier alpha value is -0.370. The molecule has 1 saturated carbocycles. The van der Waals surface area contributed by atoms with Gasteiger partial charge in [0.1, 0.15) is 5.78 Å². The van der Waals surface area contributed by atoms with Gasteiger partial charge in [0.25, 0.3) is 0 Å². The van der Waals surface area contributed by atoms with Crippen LogP contribution in [0.4, 0.5) is 0 Å². The third-order valence-corrected chi connectivity index (χ3v) is 2.01. The minimum Gasteiger partial charge on any atom is -0.324 e. The van der Waals surface area contributed by atoms with E-state index in [-0.39, 0.29) is 12.3 Å². The van der Waals surface area contributed by atoms with Gasteiger partial charge < -0.3 is 5.73 Å². The molecular formula is C7H13NO. The maximum absolute atomic E-state index is 10.9. The molecule has 52 valence electrons. The first kappa shape index (κ1) is 6.75. The van der Waals surface area contributed by atoms with Crippen LogP contribution in [0.15, 0.2) is 0 Å². The van der Waals surface area contributed by atoms with Crippen LogP contribution in [0.25, 0.3) is 0 Å². The van der Waals surface area contributed by atoms with E-state index < -0.39 is 0 Å². The maximum Gasteiger partial charge on any atom is 0.149 e. The van der Waals surface area contributed by atoms with Gasteiger partial charge in [-0.25, -0.2) is 0 Å². The van der Waals surface area contributed by atoms with Crippen LogP contribution in [-0.4, -0.2) is 12.3 Å². The summed E-state index contributed by atoms with van der Waals surface area (Å²) in [4.78, 5) is 10.9. The van der Waals surface area contributed by atoms with Gasteiger partial charge in [0.05, 0.1) is 6.54 Å². The van der Waals surface area contributed by atoms with Gasteiger partial charge in [-0.1, -0.05) is 12.8 Å². The van der Waals surface area contributed by atoms with E-state index in [2.05, 4.69) is 0 Å². The quantitative estimate of drug-likeness (QED) is 0.593. The van der Waals surface area contributed by atoms with Crippen molar-refractivity contribution < 1.29 is 4.79 Å². The summed E-state index contributed by atoms with van der Waals surface area (Å²) in [6.07, 6.45) is 4.60. The van der Waals surface area contributed by atoms with Crippen LogP contribution in [0.5, 0.6) is 0 Å². The minimum atomic E-state index is 0.241. The molecule has 1 aliphatic carbocycles. The lowest BCUT2D eigenvalue weighted by atomic mass is 10.0. The zero-order valence-corrected chi connectivity index (χ0v) is 5.60. The molecule has 0 aliphatic heterocycles.